The van der Waals surface area contributed by atoms with E-state index in [1.807, 2.05) is 19.9 Å². The Bertz CT molecular complexity index is 1610. The first-order valence-electron chi connectivity index (χ1n) is 10.7. The quantitative estimate of drug-likeness (QED) is 0.211. The average molecular weight is 527 g/mol. The fourth-order valence-corrected chi connectivity index (χ4v) is 4.65. The highest BCUT2D eigenvalue weighted by molar-refractivity contribution is 7.16. The van der Waals surface area contributed by atoms with Gasteiger partial charge in [0.15, 0.2) is 5.69 Å². The second kappa shape index (κ2) is 9.88. The van der Waals surface area contributed by atoms with Crippen molar-refractivity contribution in [1.29, 1.82) is 0 Å². The fraction of sp³-hybridized carbons (Fsp3) is 0.167. The van der Waals surface area contributed by atoms with E-state index in [1.54, 1.807) is 19.1 Å². The number of thiophene rings is 1. The summed E-state index contributed by atoms with van der Waals surface area (Å²) in [4.78, 5) is 50.0. The number of aromatic nitrogens is 2. The maximum atomic E-state index is 13.6. The molecule has 10 nitrogen and oxygen atoms in total. The molecule has 184 valence electrons. The molecule has 2 aromatic heterocycles. The largest absolute Gasteiger partial charge is 0.461 e. The third kappa shape index (κ3) is 4.58. The van der Waals surface area contributed by atoms with Crippen molar-refractivity contribution in [3.8, 4) is 5.69 Å². The molecule has 0 spiro atoms. The molecule has 0 saturated carbocycles. The Morgan fingerprint density at radius 3 is 2.61 bits per heavy atom. The lowest BCUT2D eigenvalue weighted by Crippen LogP contribution is -2.25. The van der Waals surface area contributed by atoms with Crippen LogP contribution in [0.3, 0.4) is 0 Å². The number of carbonyl (C=O) groups is 2. The van der Waals surface area contributed by atoms with Crippen LogP contribution in [-0.2, 0) is 4.74 Å². The molecule has 0 saturated heterocycles. The summed E-state index contributed by atoms with van der Waals surface area (Å²) in [5, 5.41) is 20.2. The number of aryl methyl sites for hydroxylation is 2. The van der Waals surface area contributed by atoms with Gasteiger partial charge in [-0.25, -0.2) is 4.79 Å². The van der Waals surface area contributed by atoms with Gasteiger partial charge in [-0.2, -0.15) is 9.78 Å². The van der Waals surface area contributed by atoms with Gasteiger partial charge >= 0.3 is 5.97 Å². The van der Waals surface area contributed by atoms with Crippen LogP contribution < -0.4 is 10.9 Å². The number of anilines is 1. The van der Waals surface area contributed by atoms with Gasteiger partial charge in [0, 0.05) is 21.9 Å². The number of fused-ring (bicyclic) bond motifs is 1. The summed E-state index contributed by atoms with van der Waals surface area (Å²) in [6, 6.07) is 8.86. The van der Waals surface area contributed by atoms with Crippen LogP contribution in [0.1, 0.15) is 38.9 Å². The van der Waals surface area contributed by atoms with Gasteiger partial charge in [0.2, 0.25) is 0 Å². The first kappa shape index (κ1) is 25.0. The topological polar surface area (TPSA) is 133 Å². The predicted molar refractivity (Wildman–Crippen MR) is 137 cm³/mol. The molecule has 0 aliphatic rings. The Hall–Kier alpha value is -4.09. The number of ether oxygens (including phenoxy) is 1. The minimum absolute atomic E-state index is 0.0225. The van der Waals surface area contributed by atoms with Crippen LogP contribution in [0.25, 0.3) is 16.5 Å². The highest BCUT2D eigenvalue weighted by atomic mass is 35.5. The van der Waals surface area contributed by atoms with Crippen molar-refractivity contribution in [2.45, 2.75) is 20.8 Å². The van der Waals surface area contributed by atoms with Crippen molar-refractivity contribution in [2.75, 3.05) is 11.9 Å². The number of rotatable bonds is 6. The Labute approximate surface area is 213 Å². The molecule has 2 heterocycles. The van der Waals surface area contributed by atoms with E-state index in [2.05, 4.69) is 10.4 Å². The van der Waals surface area contributed by atoms with Crippen LogP contribution in [0, 0.1) is 24.0 Å². The van der Waals surface area contributed by atoms with Crippen molar-refractivity contribution in [1.82, 2.24) is 9.78 Å². The number of esters is 1. The van der Waals surface area contributed by atoms with Gasteiger partial charge < -0.3 is 10.1 Å². The molecule has 0 bridgehead atoms. The predicted octanol–water partition coefficient (Wildman–Crippen LogP) is 5.05. The summed E-state index contributed by atoms with van der Waals surface area (Å²) < 4.78 is 6.21. The molecule has 2 aromatic carbocycles. The molecule has 4 aromatic rings. The van der Waals surface area contributed by atoms with Gasteiger partial charge in [-0.15, -0.1) is 11.3 Å². The Kier molecular flexibility index (Phi) is 6.86. The van der Waals surface area contributed by atoms with Crippen LogP contribution in [0.5, 0.6) is 0 Å². The van der Waals surface area contributed by atoms with Crippen molar-refractivity contribution in [3.05, 3.63) is 89.7 Å². The first-order chi connectivity index (χ1) is 17.1. The normalized spacial score (nSPS) is 10.9. The van der Waals surface area contributed by atoms with Gasteiger partial charge in [-0.05, 0) is 56.2 Å². The van der Waals surface area contributed by atoms with E-state index in [0.29, 0.717) is 5.69 Å². The van der Waals surface area contributed by atoms with E-state index >= 15 is 0 Å². The minimum atomic E-state index is -0.834. The van der Waals surface area contributed by atoms with Gasteiger partial charge in [0.1, 0.15) is 10.6 Å². The number of nitro groups is 1. The third-order valence-corrected chi connectivity index (χ3v) is 6.61. The van der Waals surface area contributed by atoms with E-state index < -0.39 is 28.0 Å². The third-order valence-electron chi connectivity index (χ3n) is 5.48. The molecule has 0 radical (unpaired) electrons. The van der Waals surface area contributed by atoms with Crippen molar-refractivity contribution >= 4 is 56.3 Å². The van der Waals surface area contributed by atoms with Crippen LogP contribution >= 0.6 is 22.9 Å². The van der Waals surface area contributed by atoms with Crippen molar-refractivity contribution < 1.29 is 19.2 Å². The van der Waals surface area contributed by atoms with E-state index in [9.17, 15) is 24.5 Å². The summed E-state index contributed by atoms with van der Waals surface area (Å²) in [5.41, 5.74) is 0.927. The Balaban J connectivity index is 1.91. The molecule has 0 atom stereocenters. The lowest BCUT2D eigenvalue weighted by atomic mass is 10.1. The number of nitrogens with one attached hydrogen (secondary N) is 1. The van der Waals surface area contributed by atoms with Gasteiger partial charge in [-0.3, -0.25) is 19.7 Å². The molecule has 36 heavy (non-hydrogen) atoms. The summed E-state index contributed by atoms with van der Waals surface area (Å²) in [6.45, 7) is 5.54. The second-order valence-electron chi connectivity index (χ2n) is 7.78. The smallest absolute Gasteiger partial charge is 0.359 e. The lowest BCUT2D eigenvalue weighted by molar-refractivity contribution is -0.385. The minimum Gasteiger partial charge on any atom is -0.461 e. The molecule has 4 rings (SSSR count). The number of nitro benzene ring substituents is 1. The molecule has 0 unspecified atom stereocenters. The molecule has 1 amide bonds. The second-order valence-corrected chi connectivity index (χ2v) is 9.10. The molecule has 0 fully saturated rings. The first-order valence-corrected chi connectivity index (χ1v) is 11.9. The van der Waals surface area contributed by atoms with Crippen LogP contribution in [0.15, 0.2) is 46.6 Å². The van der Waals surface area contributed by atoms with E-state index in [-0.39, 0.29) is 38.7 Å². The average Bonchev–Trinajstić information content (AvgIpc) is 3.25. The maximum Gasteiger partial charge on any atom is 0.359 e. The van der Waals surface area contributed by atoms with Crippen LogP contribution in [-0.4, -0.2) is 33.2 Å². The standard InChI is InChI=1S/C24H19ClN4O6S/c1-4-35-24(32)20-17-11-36-22(26-21(30)16-10-14(25)6-8-18(16)29(33)34)19(17)23(31)28(27-20)15-7-5-12(2)13(3)9-15/h5-11H,4H2,1-3H3,(H,26,30). The molecular weight excluding hydrogens is 508 g/mol. The number of amides is 1. The zero-order chi connectivity index (χ0) is 26.1. The summed E-state index contributed by atoms with van der Waals surface area (Å²) in [7, 11) is 0. The summed E-state index contributed by atoms with van der Waals surface area (Å²) in [6.07, 6.45) is 0. The van der Waals surface area contributed by atoms with E-state index in [0.717, 1.165) is 33.2 Å². The number of halogens is 1. The SMILES string of the molecule is CCOC(=O)c1nn(-c2ccc(C)c(C)c2)c(=O)c2c(NC(=O)c3cc(Cl)ccc3[N+](=O)[O-])scc12. The Morgan fingerprint density at radius 2 is 1.94 bits per heavy atom. The highest BCUT2D eigenvalue weighted by Gasteiger charge is 2.26. The molecule has 0 aliphatic carbocycles. The van der Waals surface area contributed by atoms with E-state index in [4.69, 9.17) is 16.3 Å². The van der Waals surface area contributed by atoms with E-state index in [1.165, 1.54) is 17.5 Å². The maximum absolute atomic E-state index is 13.6. The van der Waals surface area contributed by atoms with Crippen LogP contribution in [0.2, 0.25) is 5.02 Å². The number of benzene rings is 2. The summed E-state index contributed by atoms with van der Waals surface area (Å²) >= 11 is 6.93. The van der Waals surface area contributed by atoms with Crippen molar-refractivity contribution in [2.24, 2.45) is 0 Å². The molecule has 0 aliphatic heterocycles. The van der Waals surface area contributed by atoms with Gasteiger partial charge in [0.05, 0.1) is 22.6 Å². The zero-order valence-electron chi connectivity index (χ0n) is 19.3. The number of hydrogen-bond acceptors (Lipinski definition) is 8. The summed E-state index contributed by atoms with van der Waals surface area (Å²) in [5.74, 6) is -1.57. The number of hydrogen-bond donors (Lipinski definition) is 1. The monoisotopic (exact) mass is 526 g/mol. The highest BCUT2D eigenvalue weighted by Crippen LogP contribution is 2.32. The fourth-order valence-electron chi connectivity index (χ4n) is 3.54. The lowest BCUT2D eigenvalue weighted by Gasteiger charge is -2.11. The molecule has 12 heteroatoms. The molecular formula is C24H19ClN4O6S. The number of carbonyl (C=O) groups excluding carboxylic acids is 2. The van der Waals surface area contributed by atoms with Gasteiger partial charge in [-0.1, -0.05) is 17.7 Å². The molecule has 1 N–H and O–H groups in total. The van der Waals surface area contributed by atoms with Crippen molar-refractivity contribution in [3.63, 3.8) is 0 Å². The zero-order valence-corrected chi connectivity index (χ0v) is 20.9. The number of nitrogens with zero attached hydrogens (tertiary/aromatic N) is 3. The van der Waals surface area contributed by atoms with Gasteiger partial charge in [0.25, 0.3) is 17.2 Å². The van der Waals surface area contributed by atoms with Crippen LogP contribution in [0.4, 0.5) is 10.7 Å². The Morgan fingerprint density at radius 1 is 1.19 bits per heavy atom.